The van der Waals surface area contributed by atoms with Gasteiger partial charge in [-0.2, -0.15) is 0 Å². The fourth-order valence-corrected chi connectivity index (χ4v) is 4.05. The molecule has 31 heavy (non-hydrogen) atoms. The summed E-state index contributed by atoms with van der Waals surface area (Å²) in [7, 11) is 0. The SMILES string of the molecule is CCOCc1ccc(C(=O)N2CCC(c3cc(C(F)F)c4c(C)noc4n3)CC2)cc1. The van der Waals surface area contributed by atoms with Crippen LogP contribution in [0.3, 0.4) is 0 Å². The van der Waals surface area contributed by atoms with Crippen LogP contribution in [-0.2, 0) is 11.3 Å². The predicted molar refractivity (Wildman–Crippen MR) is 111 cm³/mol. The summed E-state index contributed by atoms with van der Waals surface area (Å²) in [5.74, 6) is -0.0334. The zero-order valence-electron chi connectivity index (χ0n) is 17.6. The highest BCUT2D eigenvalue weighted by atomic mass is 19.3. The summed E-state index contributed by atoms with van der Waals surface area (Å²) in [6.07, 6.45) is -1.32. The van der Waals surface area contributed by atoms with Crippen LogP contribution in [-0.4, -0.2) is 40.6 Å². The molecule has 0 unspecified atom stereocenters. The van der Waals surface area contributed by atoms with E-state index < -0.39 is 6.43 Å². The van der Waals surface area contributed by atoms with E-state index in [1.165, 1.54) is 6.07 Å². The number of aromatic nitrogens is 2. The van der Waals surface area contributed by atoms with Crippen LogP contribution in [0.2, 0.25) is 0 Å². The van der Waals surface area contributed by atoms with Gasteiger partial charge in [-0.3, -0.25) is 4.79 Å². The number of nitrogens with zero attached hydrogens (tertiary/aromatic N) is 3. The largest absolute Gasteiger partial charge is 0.377 e. The lowest BCUT2D eigenvalue weighted by atomic mass is 9.91. The molecule has 2 aromatic heterocycles. The van der Waals surface area contributed by atoms with E-state index >= 15 is 0 Å². The second-order valence-corrected chi connectivity index (χ2v) is 7.79. The maximum Gasteiger partial charge on any atom is 0.264 e. The van der Waals surface area contributed by atoms with Crippen LogP contribution in [0.15, 0.2) is 34.9 Å². The van der Waals surface area contributed by atoms with Gasteiger partial charge in [0.1, 0.15) is 0 Å². The van der Waals surface area contributed by atoms with Gasteiger partial charge < -0.3 is 14.2 Å². The van der Waals surface area contributed by atoms with E-state index in [9.17, 15) is 13.6 Å². The van der Waals surface area contributed by atoms with Gasteiger partial charge in [-0.05, 0) is 50.5 Å². The molecule has 1 fully saturated rings. The second kappa shape index (κ2) is 9.09. The van der Waals surface area contributed by atoms with Crippen LogP contribution in [0.4, 0.5) is 8.78 Å². The Kier molecular flexibility index (Phi) is 6.27. The van der Waals surface area contributed by atoms with Crippen molar-refractivity contribution < 1.29 is 22.8 Å². The average Bonchev–Trinajstić information content (AvgIpc) is 3.17. The molecule has 3 heterocycles. The number of hydrogen-bond donors (Lipinski definition) is 0. The number of hydrogen-bond acceptors (Lipinski definition) is 5. The van der Waals surface area contributed by atoms with Crippen molar-refractivity contribution in [3.05, 3.63) is 58.4 Å². The lowest BCUT2D eigenvalue weighted by Gasteiger charge is -2.32. The van der Waals surface area contributed by atoms with Crippen LogP contribution in [0.1, 0.15) is 65.0 Å². The van der Waals surface area contributed by atoms with Crippen molar-refractivity contribution in [1.82, 2.24) is 15.0 Å². The smallest absolute Gasteiger partial charge is 0.264 e. The maximum absolute atomic E-state index is 13.6. The highest BCUT2D eigenvalue weighted by Crippen LogP contribution is 2.35. The van der Waals surface area contributed by atoms with Gasteiger partial charge in [0, 0.05) is 42.4 Å². The molecule has 1 aliphatic heterocycles. The van der Waals surface area contributed by atoms with Gasteiger partial charge >= 0.3 is 0 Å². The van der Waals surface area contributed by atoms with Crippen LogP contribution in [0.5, 0.6) is 0 Å². The number of piperidine rings is 1. The third-order valence-electron chi connectivity index (χ3n) is 5.78. The third kappa shape index (κ3) is 4.44. The van der Waals surface area contributed by atoms with Gasteiger partial charge in [0.05, 0.1) is 17.7 Å². The van der Waals surface area contributed by atoms with E-state index in [1.807, 2.05) is 31.2 Å². The highest BCUT2D eigenvalue weighted by molar-refractivity contribution is 5.94. The Hall–Kier alpha value is -2.87. The first kappa shape index (κ1) is 21.4. The van der Waals surface area contributed by atoms with Crippen molar-refractivity contribution in [3.63, 3.8) is 0 Å². The number of rotatable bonds is 6. The number of likely N-dealkylation sites (tertiary alicyclic amines) is 1. The number of alkyl halides is 2. The molecule has 4 rings (SSSR count). The molecular weight excluding hydrogens is 404 g/mol. The van der Waals surface area contributed by atoms with Crippen molar-refractivity contribution in [1.29, 1.82) is 0 Å². The van der Waals surface area contributed by atoms with E-state index in [0.29, 0.717) is 61.5 Å². The van der Waals surface area contributed by atoms with Gasteiger partial charge in [-0.15, -0.1) is 0 Å². The van der Waals surface area contributed by atoms with E-state index in [0.717, 1.165) is 5.56 Å². The number of ether oxygens (including phenoxy) is 1. The molecular formula is C23H25F2N3O3. The molecule has 1 amide bonds. The Bertz CT molecular complexity index is 1060. The molecule has 0 N–H and O–H groups in total. The van der Waals surface area contributed by atoms with Gasteiger partial charge in [-0.1, -0.05) is 17.3 Å². The summed E-state index contributed by atoms with van der Waals surface area (Å²) in [5.41, 5.74) is 2.70. The fraction of sp³-hybridized carbons (Fsp3) is 0.435. The minimum absolute atomic E-state index is 0.00933. The molecule has 0 aliphatic carbocycles. The molecule has 164 valence electrons. The van der Waals surface area contributed by atoms with Crippen molar-refractivity contribution >= 4 is 17.0 Å². The van der Waals surface area contributed by atoms with Gasteiger partial charge in [0.15, 0.2) is 0 Å². The monoisotopic (exact) mass is 429 g/mol. The van der Waals surface area contributed by atoms with Crippen LogP contribution in [0, 0.1) is 6.92 Å². The van der Waals surface area contributed by atoms with Crippen LogP contribution < -0.4 is 0 Å². The van der Waals surface area contributed by atoms with E-state index in [-0.39, 0.29) is 23.1 Å². The first-order chi connectivity index (χ1) is 15.0. The minimum Gasteiger partial charge on any atom is -0.377 e. The predicted octanol–water partition coefficient (Wildman–Crippen LogP) is 5.03. The van der Waals surface area contributed by atoms with Crippen molar-refractivity contribution in [3.8, 4) is 0 Å². The number of amides is 1. The van der Waals surface area contributed by atoms with Gasteiger partial charge in [0.2, 0.25) is 0 Å². The molecule has 1 saturated heterocycles. The molecule has 0 atom stereocenters. The van der Waals surface area contributed by atoms with Gasteiger partial charge in [-0.25, -0.2) is 13.8 Å². The molecule has 1 aromatic carbocycles. The molecule has 8 heteroatoms. The highest BCUT2D eigenvalue weighted by Gasteiger charge is 2.28. The molecule has 1 aliphatic rings. The topological polar surface area (TPSA) is 68.5 Å². The average molecular weight is 429 g/mol. The third-order valence-corrected chi connectivity index (χ3v) is 5.78. The number of benzene rings is 1. The summed E-state index contributed by atoms with van der Waals surface area (Å²) in [5, 5.41) is 4.08. The number of halogens is 2. The maximum atomic E-state index is 13.6. The molecule has 0 spiro atoms. The van der Waals surface area contributed by atoms with Crippen LogP contribution in [0.25, 0.3) is 11.1 Å². The second-order valence-electron chi connectivity index (χ2n) is 7.79. The number of carbonyl (C=O) groups is 1. The summed E-state index contributed by atoms with van der Waals surface area (Å²) >= 11 is 0. The Morgan fingerprint density at radius 2 is 1.97 bits per heavy atom. The van der Waals surface area contributed by atoms with Crippen molar-refractivity contribution in [2.75, 3.05) is 19.7 Å². The summed E-state index contributed by atoms with van der Waals surface area (Å²) in [4.78, 5) is 19.1. The Labute approximate surface area is 179 Å². The minimum atomic E-state index is -2.63. The van der Waals surface area contributed by atoms with Gasteiger partial charge in [0.25, 0.3) is 18.0 Å². The number of aryl methyl sites for hydroxylation is 1. The zero-order chi connectivity index (χ0) is 22.0. The van der Waals surface area contributed by atoms with E-state index in [1.54, 1.807) is 11.8 Å². The quantitative estimate of drug-likeness (QED) is 0.550. The van der Waals surface area contributed by atoms with Crippen LogP contribution >= 0.6 is 0 Å². The number of carbonyl (C=O) groups excluding carboxylic acids is 1. The summed E-state index contributed by atoms with van der Waals surface area (Å²) in [6.45, 7) is 5.83. The Balaban J connectivity index is 1.44. The first-order valence-electron chi connectivity index (χ1n) is 10.5. The molecule has 0 saturated carbocycles. The normalized spacial score (nSPS) is 15.2. The molecule has 6 nitrogen and oxygen atoms in total. The summed E-state index contributed by atoms with van der Waals surface area (Å²) in [6, 6.07) is 8.91. The molecule has 0 radical (unpaired) electrons. The molecule has 0 bridgehead atoms. The fourth-order valence-electron chi connectivity index (χ4n) is 4.05. The lowest BCUT2D eigenvalue weighted by molar-refractivity contribution is 0.0712. The Morgan fingerprint density at radius 3 is 2.61 bits per heavy atom. The van der Waals surface area contributed by atoms with E-state index in [4.69, 9.17) is 9.26 Å². The lowest BCUT2D eigenvalue weighted by Crippen LogP contribution is -2.38. The van der Waals surface area contributed by atoms with E-state index in [2.05, 4.69) is 10.1 Å². The standard InChI is InChI=1S/C23H25F2N3O3/c1-3-30-13-15-4-6-17(7-5-15)23(29)28-10-8-16(9-11-28)19-12-18(21(24)25)20-14(2)27-31-22(20)26-19/h4-7,12,16,21H,3,8-11,13H2,1-2H3. The zero-order valence-corrected chi connectivity index (χ0v) is 17.6. The van der Waals surface area contributed by atoms with Crippen molar-refractivity contribution in [2.45, 2.75) is 45.6 Å². The molecule has 3 aromatic rings. The summed E-state index contributed by atoms with van der Waals surface area (Å²) < 4.78 is 37.7. The first-order valence-corrected chi connectivity index (χ1v) is 10.5. The van der Waals surface area contributed by atoms with Crippen molar-refractivity contribution in [2.24, 2.45) is 0 Å². The number of fused-ring (bicyclic) bond motifs is 1. The Morgan fingerprint density at radius 1 is 1.26 bits per heavy atom. The number of pyridine rings is 1.